The molecule has 1 aromatic carbocycles. The van der Waals surface area contributed by atoms with E-state index in [0.29, 0.717) is 6.54 Å². The van der Waals surface area contributed by atoms with E-state index in [-0.39, 0.29) is 12.5 Å². The average molecular weight is 472 g/mol. The lowest BCUT2D eigenvalue weighted by atomic mass is 10.0. The molecular formula is C29H49N3O2. The molecule has 0 bridgehead atoms. The second-order valence-electron chi connectivity index (χ2n) is 9.68. The first-order chi connectivity index (χ1) is 16.8. The molecule has 0 unspecified atom stereocenters. The van der Waals surface area contributed by atoms with Gasteiger partial charge in [-0.1, -0.05) is 115 Å². The summed E-state index contributed by atoms with van der Waals surface area (Å²) in [5.41, 5.74) is 2.15. The molecule has 1 N–H and O–H groups in total. The number of hydrogen-bond donors (Lipinski definition) is 1. The fraction of sp³-hybridized carbons (Fsp3) is 0.724. The number of unbranched alkanes of at least 4 members (excludes halogenated alkanes) is 15. The van der Waals surface area contributed by atoms with E-state index in [2.05, 4.69) is 28.9 Å². The molecular weight excluding hydrogens is 422 g/mol. The summed E-state index contributed by atoms with van der Waals surface area (Å²) in [6.07, 6.45) is 22.1. The number of aromatic nitrogens is 2. The number of nitrogens with zero attached hydrogens (tertiary/aromatic N) is 2. The molecule has 5 heteroatoms. The van der Waals surface area contributed by atoms with E-state index in [1.807, 2.05) is 12.1 Å². The van der Waals surface area contributed by atoms with Gasteiger partial charge in [0.2, 0.25) is 5.91 Å². The van der Waals surface area contributed by atoms with Crippen LogP contribution in [0, 0.1) is 0 Å². The summed E-state index contributed by atoms with van der Waals surface area (Å²) in [6, 6.07) is 8.23. The Balaban J connectivity index is 1.54. The number of methoxy groups -OCH3 is 1. The molecule has 0 atom stereocenters. The number of amides is 1. The number of carbonyl (C=O) groups excluding carboxylic acids is 1. The van der Waals surface area contributed by atoms with Crippen molar-refractivity contribution in [3.63, 3.8) is 0 Å². The number of para-hydroxylation sites is 2. The second kappa shape index (κ2) is 18.4. The molecule has 0 fully saturated rings. The number of hydrogen-bond acceptors (Lipinski definition) is 3. The normalized spacial score (nSPS) is 11.4. The molecule has 1 amide bonds. The van der Waals surface area contributed by atoms with Crippen molar-refractivity contribution in [1.29, 1.82) is 0 Å². The van der Waals surface area contributed by atoms with Crippen molar-refractivity contribution in [2.45, 2.75) is 123 Å². The third-order valence-electron chi connectivity index (χ3n) is 6.69. The van der Waals surface area contributed by atoms with Gasteiger partial charge in [-0.25, -0.2) is 4.98 Å². The van der Waals surface area contributed by atoms with Gasteiger partial charge in [0.05, 0.1) is 17.6 Å². The van der Waals surface area contributed by atoms with E-state index in [4.69, 9.17) is 9.72 Å². The molecule has 0 aliphatic carbocycles. The van der Waals surface area contributed by atoms with E-state index < -0.39 is 0 Å². The molecule has 2 aromatic rings. The molecule has 0 radical (unpaired) electrons. The van der Waals surface area contributed by atoms with Crippen molar-refractivity contribution >= 4 is 16.9 Å². The molecule has 192 valence electrons. The quantitative estimate of drug-likeness (QED) is 0.191. The monoisotopic (exact) mass is 471 g/mol. The lowest BCUT2D eigenvalue weighted by molar-refractivity contribution is -0.124. The molecule has 1 heterocycles. The minimum Gasteiger partial charge on any atom is -0.375 e. The lowest BCUT2D eigenvalue weighted by Crippen LogP contribution is -2.28. The maximum Gasteiger partial charge on any atom is 0.246 e. The van der Waals surface area contributed by atoms with Crippen molar-refractivity contribution in [3.8, 4) is 0 Å². The van der Waals surface area contributed by atoms with E-state index in [1.165, 1.54) is 103 Å². The van der Waals surface area contributed by atoms with Crippen molar-refractivity contribution < 1.29 is 9.53 Å². The first-order valence-corrected chi connectivity index (χ1v) is 14.0. The van der Waals surface area contributed by atoms with Crippen LogP contribution in [0.5, 0.6) is 0 Å². The standard InChI is InChI=1S/C29H49N3O2/c1-3-4-5-6-7-8-9-10-11-12-13-14-15-16-17-20-23-32-27-22-19-18-21-26(27)31-28(32)24-30-29(33)25-34-2/h18-19,21-22H,3-17,20,23-25H2,1-2H3,(H,30,33). The number of imidazole rings is 1. The fourth-order valence-electron chi connectivity index (χ4n) is 4.69. The van der Waals surface area contributed by atoms with E-state index >= 15 is 0 Å². The van der Waals surface area contributed by atoms with Crippen LogP contribution in [0.2, 0.25) is 0 Å². The van der Waals surface area contributed by atoms with Crippen LogP contribution in [-0.2, 0) is 22.6 Å². The van der Waals surface area contributed by atoms with E-state index in [0.717, 1.165) is 29.8 Å². The summed E-state index contributed by atoms with van der Waals surface area (Å²) >= 11 is 0. The Morgan fingerprint density at radius 1 is 0.824 bits per heavy atom. The van der Waals surface area contributed by atoms with Gasteiger partial charge in [-0.15, -0.1) is 0 Å². The van der Waals surface area contributed by atoms with Gasteiger partial charge >= 0.3 is 0 Å². The number of ether oxygens (including phenoxy) is 1. The topological polar surface area (TPSA) is 56.2 Å². The highest BCUT2D eigenvalue weighted by Crippen LogP contribution is 2.18. The molecule has 0 spiro atoms. The van der Waals surface area contributed by atoms with Gasteiger partial charge in [0, 0.05) is 13.7 Å². The maximum atomic E-state index is 11.8. The molecule has 0 aliphatic heterocycles. The van der Waals surface area contributed by atoms with Crippen LogP contribution in [0.15, 0.2) is 24.3 Å². The van der Waals surface area contributed by atoms with Crippen LogP contribution in [0.4, 0.5) is 0 Å². The van der Waals surface area contributed by atoms with E-state index in [1.54, 1.807) is 0 Å². The Labute approximate surface area is 208 Å². The zero-order valence-electron chi connectivity index (χ0n) is 22.0. The predicted octanol–water partition coefficient (Wildman–Crippen LogP) is 7.56. The Hall–Kier alpha value is -1.88. The summed E-state index contributed by atoms with van der Waals surface area (Å²) in [6.45, 7) is 3.76. The van der Waals surface area contributed by atoms with Crippen LogP contribution < -0.4 is 5.32 Å². The molecule has 0 saturated heterocycles. The van der Waals surface area contributed by atoms with Gasteiger partial charge in [0.15, 0.2) is 0 Å². The molecule has 2 rings (SSSR count). The molecule has 0 aliphatic rings. The number of rotatable bonds is 21. The van der Waals surface area contributed by atoms with E-state index in [9.17, 15) is 4.79 Å². The summed E-state index contributed by atoms with van der Waals surface area (Å²) in [4.78, 5) is 16.5. The molecule has 1 aromatic heterocycles. The summed E-state index contributed by atoms with van der Waals surface area (Å²) in [5, 5.41) is 2.91. The highest BCUT2D eigenvalue weighted by molar-refractivity contribution is 5.78. The van der Waals surface area contributed by atoms with Crippen LogP contribution in [0.25, 0.3) is 11.0 Å². The van der Waals surface area contributed by atoms with Crippen LogP contribution >= 0.6 is 0 Å². The number of fused-ring (bicyclic) bond motifs is 1. The van der Waals surface area contributed by atoms with Crippen molar-refractivity contribution in [2.75, 3.05) is 13.7 Å². The van der Waals surface area contributed by atoms with Gasteiger partial charge in [-0.05, 0) is 18.6 Å². The Morgan fingerprint density at radius 2 is 1.35 bits per heavy atom. The number of aryl methyl sites for hydroxylation is 1. The van der Waals surface area contributed by atoms with Gasteiger partial charge < -0.3 is 14.6 Å². The Kier molecular flexibility index (Phi) is 15.4. The highest BCUT2D eigenvalue weighted by atomic mass is 16.5. The Bertz CT molecular complexity index is 787. The first-order valence-electron chi connectivity index (χ1n) is 14.0. The third-order valence-corrected chi connectivity index (χ3v) is 6.69. The minimum atomic E-state index is -0.108. The van der Waals surface area contributed by atoms with Crippen LogP contribution in [0.1, 0.15) is 115 Å². The van der Waals surface area contributed by atoms with Gasteiger partial charge in [-0.2, -0.15) is 0 Å². The van der Waals surface area contributed by atoms with Gasteiger partial charge in [0.1, 0.15) is 12.4 Å². The van der Waals surface area contributed by atoms with Crippen LogP contribution in [-0.4, -0.2) is 29.2 Å². The number of benzene rings is 1. The Morgan fingerprint density at radius 3 is 1.91 bits per heavy atom. The van der Waals surface area contributed by atoms with Gasteiger partial charge in [0.25, 0.3) is 0 Å². The largest absolute Gasteiger partial charge is 0.375 e. The smallest absolute Gasteiger partial charge is 0.246 e. The van der Waals surface area contributed by atoms with Crippen molar-refractivity contribution in [1.82, 2.24) is 14.9 Å². The second-order valence-corrected chi connectivity index (χ2v) is 9.68. The lowest BCUT2D eigenvalue weighted by Gasteiger charge is -2.10. The van der Waals surface area contributed by atoms with Gasteiger partial charge in [-0.3, -0.25) is 4.79 Å². The first kappa shape index (κ1) is 28.4. The highest BCUT2D eigenvalue weighted by Gasteiger charge is 2.11. The van der Waals surface area contributed by atoms with Crippen LogP contribution in [0.3, 0.4) is 0 Å². The average Bonchev–Trinajstić information content (AvgIpc) is 3.20. The third kappa shape index (κ3) is 11.5. The SMILES string of the molecule is CCCCCCCCCCCCCCCCCCn1c(CNC(=O)COC)nc2ccccc21. The summed E-state index contributed by atoms with van der Waals surface area (Å²) in [7, 11) is 1.53. The van der Waals surface area contributed by atoms with Crippen molar-refractivity contribution in [3.05, 3.63) is 30.1 Å². The minimum absolute atomic E-state index is 0.0827. The molecule has 5 nitrogen and oxygen atoms in total. The molecule has 0 saturated carbocycles. The summed E-state index contributed by atoms with van der Waals surface area (Å²) in [5.74, 6) is 0.815. The summed E-state index contributed by atoms with van der Waals surface area (Å²) < 4.78 is 7.18. The predicted molar refractivity (Wildman–Crippen MR) is 143 cm³/mol. The van der Waals surface area contributed by atoms with Crippen molar-refractivity contribution in [2.24, 2.45) is 0 Å². The maximum absolute atomic E-state index is 11.8. The molecule has 34 heavy (non-hydrogen) atoms. The zero-order chi connectivity index (χ0) is 24.3. The number of carbonyl (C=O) groups is 1. The number of nitrogens with one attached hydrogen (secondary N) is 1. The zero-order valence-corrected chi connectivity index (χ0v) is 22.0. The fourth-order valence-corrected chi connectivity index (χ4v) is 4.69.